The highest BCUT2D eigenvalue weighted by Gasteiger charge is 2.31. The van der Waals surface area contributed by atoms with Crippen LogP contribution in [0, 0.1) is 11.8 Å². The van der Waals surface area contributed by atoms with Gasteiger partial charge in [0.1, 0.15) is 0 Å². The largest absolute Gasteiger partial charge is 0.276 e. The van der Waals surface area contributed by atoms with Crippen LogP contribution in [0.4, 0.5) is 0 Å². The van der Waals surface area contributed by atoms with Gasteiger partial charge in [0.15, 0.2) is 0 Å². The van der Waals surface area contributed by atoms with Crippen LogP contribution in [0.2, 0.25) is 0 Å². The molecular weight excluding hydrogens is 298 g/mol. The molecule has 6 heteroatoms. The minimum absolute atomic E-state index is 0.209. The SMILES string of the molecule is CC1CC(C)CN(S(=O)(=O)c2ccc(C(=O)Cl)cc2)C1. The summed E-state index contributed by atoms with van der Waals surface area (Å²) in [5.41, 5.74) is 0.297. The van der Waals surface area contributed by atoms with Gasteiger partial charge in [0.2, 0.25) is 10.0 Å². The van der Waals surface area contributed by atoms with Crippen molar-refractivity contribution in [2.45, 2.75) is 25.2 Å². The quantitative estimate of drug-likeness (QED) is 0.806. The molecule has 1 saturated heterocycles. The van der Waals surface area contributed by atoms with Gasteiger partial charge in [-0.15, -0.1) is 0 Å². The number of halogens is 1. The van der Waals surface area contributed by atoms with Crippen molar-refractivity contribution < 1.29 is 13.2 Å². The molecule has 2 unspecified atom stereocenters. The van der Waals surface area contributed by atoms with E-state index in [2.05, 4.69) is 13.8 Å². The number of hydrogen-bond donors (Lipinski definition) is 0. The summed E-state index contributed by atoms with van der Waals surface area (Å²) >= 11 is 5.36. The van der Waals surface area contributed by atoms with Crippen molar-refractivity contribution in [2.75, 3.05) is 13.1 Å². The molecule has 4 nitrogen and oxygen atoms in total. The molecule has 0 spiro atoms. The van der Waals surface area contributed by atoms with E-state index in [1.165, 1.54) is 28.6 Å². The van der Waals surface area contributed by atoms with E-state index in [0.717, 1.165) is 6.42 Å². The molecule has 1 heterocycles. The second kappa shape index (κ2) is 5.84. The third-order valence-corrected chi connectivity index (χ3v) is 5.62. The maximum atomic E-state index is 12.6. The van der Waals surface area contributed by atoms with Crippen molar-refractivity contribution in [3.63, 3.8) is 0 Å². The molecule has 2 rings (SSSR count). The third kappa shape index (κ3) is 3.22. The van der Waals surface area contributed by atoms with Gasteiger partial charge in [-0.05, 0) is 54.1 Å². The van der Waals surface area contributed by atoms with Gasteiger partial charge in [0.05, 0.1) is 4.90 Å². The van der Waals surface area contributed by atoms with Crippen LogP contribution in [0.1, 0.15) is 30.6 Å². The lowest BCUT2D eigenvalue weighted by Gasteiger charge is -2.34. The molecule has 0 N–H and O–H groups in total. The molecule has 0 saturated carbocycles. The summed E-state index contributed by atoms with van der Waals surface area (Å²) in [6.07, 6.45) is 1.05. The monoisotopic (exact) mass is 315 g/mol. The Kier molecular flexibility index (Phi) is 4.52. The van der Waals surface area contributed by atoms with Gasteiger partial charge in [0.25, 0.3) is 5.24 Å². The molecule has 1 aromatic rings. The number of benzene rings is 1. The molecule has 0 radical (unpaired) electrons. The van der Waals surface area contributed by atoms with Crippen molar-refractivity contribution in [2.24, 2.45) is 11.8 Å². The summed E-state index contributed by atoms with van der Waals surface area (Å²) in [4.78, 5) is 11.2. The van der Waals surface area contributed by atoms with Gasteiger partial charge in [-0.3, -0.25) is 4.79 Å². The summed E-state index contributed by atoms with van der Waals surface area (Å²) < 4.78 is 26.7. The molecule has 110 valence electrons. The smallest absolute Gasteiger partial charge is 0.252 e. The first-order valence-corrected chi connectivity index (χ1v) is 8.42. The first kappa shape index (κ1) is 15.5. The molecule has 0 bridgehead atoms. The van der Waals surface area contributed by atoms with Crippen LogP contribution in [-0.2, 0) is 10.0 Å². The van der Waals surface area contributed by atoms with Crippen LogP contribution >= 0.6 is 11.6 Å². The van der Waals surface area contributed by atoms with Crippen molar-refractivity contribution in [1.82, 2.24) is 4.31 Å². The Morgan fingerprint density at radius 1 is 1.15 bits per heavy atom. The fourth-order valence-corrected chi connectivity index (χ4v) is 4.51. The number of sulfonamides is 1. The average molecular weight is 316 g/mol. The minimum Gasteiger partial charge on any atom is -0.276 e. The standard InChI is InChI=1S/C14H18ClNO3S/c1-10-7-11(2)9-16(8-10)20(18,19)13-5-3-12(4-6-13)14(15)17/h3-6,10-11H,7-9H2,1-2H3. The number of carbonyl (C=O) groups is 1. The van der Waals surface area contributed by atoms with E-state index in [9.17, 15) is 13.2 Å². The van der Waals surface area contributed by atoms with Crippen molar-refractivity contribution in [1.29, 1.82) is 0 Å². The maximum Gasteiger partial charge on any atom is 0.252 e. The van der Waals surface area contributed by atoms with E-state index in [1.54, 1.807) is 0 Å². The van der Waals surface area contributed by atoms with E-state index < -0.39 is 15.3 Å². The Balaban J connectivity index is 2.27. The van der Waals surface area contributed by atoms with Gasteiger partial charge in [-0.1, -0.05) is 13.8 Å². The van der Waals surface area contributed by atoms with Crippen molar-refractivity contribution in [3.05, 3.63) is 29.8 Å². The van der Waals surface area contributed by atoms with Crippen LogP contribution in [0.25, 0.3) is 0 Å². The highest BCUT2D eigenvalue weighted by atomic mass is 35.5. The zero-order chi connectivity index (χ0) is 14.9. The molecular formula is C14H18ClNO3S. The van der Waals surface area contributed by atoms with Gasteiger partial charge < -0.3 is 0 Å². The zero-order valence-corrected chi connectivity index (χ0v) is 13.1. The molecule has 1 aromatic carbocycles. The highest BCUT2D eigenvalue weighted by molar-refractivity contribution is 7.89. The van der Waals surface area contributed by atoms with E-state index in [-0.39, 0.29) is 4.90 Å². The Hall–Kier alpha value is -0.910. The molecule has 0 aromatic heterocycles. The molecule has 1 aliphatic rings. The summed E-state index contributed by atoms with van der Waals surface area (Å²) in [7, 11) is -3.49. The molecule has 1 aliphatic heterocycles. The lowest BCUT2D eigenvalue weighted by molar-refractivity contribution is 0.108. The normalized spacial score (nSPS) is 24.6. The van der Waals surface area contributed by atoms with E-state index in [1.807, 2.05) is 0 Å². The van der Waals surface area contributed by atoms with Crippen molar-refractivity contribution in [3.8, 4) is 0 Å². The van der Waals surface area contributed by atoms with Gasteiger partial charge in [-0.25, -0.2) is 8.42 Å². The third-order valence-electron chi connectivity index (χ3n) is 3.55. The summed E-state index contributed by atoms with van der Waals surface area (Å²) in [6, 6.07) is 5.77. The Bertz CT molecular complexity index is 587. The zero-order valence-electron chi connectivity index (χ0n) is 11.5. The molecule has 0 aliphatic carbocycles. The first-order valence-electron chi connectivity index (χ1n) is 6.60. The topological polar surface area (TPSA) is 54.5 Å². The number of carbonyl (C=O) groups excluding carboxylic acids is 1. The van der Waals surface area contributed by atoms with Gasteiger partial charge in [0, 0.05) is 18.7 Å². The molecule has 0 amide bonds. The summed E-state index contributed by atoms with van der Waals surface area (Å²) in [5.74, 6) is 0.717. The van der Waals surface area contributed by atoms with Crippen LogP contribution in [0.3, 0.4) is 0 Å². The van der Waals surface area contributed by atoms with E-state index >= 15 is 0 Å². The number of piperidine rings is 1. The molecule has 2 atom stereocenters. The van der Waals surface area contributed by atoms with Crippen LogP contribution in [0.15, 0.2) is 29.2 Å². The highest BCUT2D eigenvalue weighted by Crippen LogP contribution is 2.26. The number of nitrogens with zero attached hydrogens (tertiary/aromatic N) is 1. The van der Waals surface area contributed by atoms with Gasteiger partial charge in [-0.2, -0.15) is 4.31 Å². The lowest BCUT2D eigenvalue weighted by Crippen LogP contribution is -2.42. The lowest BCUT2D eigenvalue weighted by atomic mass is 9.94. The van der Waals surface area contributed by atoms with Crippen LogP contribution in [-0.4, -0.2) is 31.1 Å². The minimum atomic E-state index is -3.49. The second-order valence-electron chi connectivity index (χ2n) is 5.57. The maximum absolute atomic E-state index is 12.6. The van der Waals surface area contributed by atoms with E-state index in [4.69, 9.17) is 11.6 Å². The van der Waals surface area contributed by atoms with Crippen molar-refractivity contribution >= 4 is 26.9 Å². The van der Waals surface area contributed by atoms with Gasteiger partial charge >= 0.3 is 0 Å². The average Bonchev–Trinajstić information content (AvgIpc) is 2.37. The fourth-order valence-electron chi connectivity index (χ4n) is 2.71. The summed E-state index contributed by atoms with van der Waals surface area (Å²) in [5, 5.41) is -0.589. The number of rotatable bonds is 3. The fraction of sp³-hybridized carbons (Fsp3) is 0.500. The predicted octanol–water partition coefficient (Wildman–Crippen LogP) is 2.73. The Morgan fingerprint density at radius 3 is 2.10 bits per heavy atom. The Labute approximate surface area is 124 Å². The summed E-state index contributed by atoms with van der Waals surface area (Å²) in [6.45, 7) is 5.21. The van der Waals surface area contributed by atoms with Crippen LogP contribution in [0.5, 0.6) is 0 Å². The first-order chi connectivity index (χ1) is 9.30. The predicted molar refractivity (Wildman–Crippen MR) is 78.3 cm³/mol. The number of hydrogen-bond acceptors (Lipinski definition) is 3. The van der Waals surface area contributed by atoms with Crippen LogP contribution < -0.4 is 0 Å². The second-order valence-corrected chi connectivity index (χ2v) is 7.85. The molecule has 20 heavy (non-hydrogen) atoms. The van der Waals surface area contributed by atoms with E-state index in [0.29, 0.717) is 30.5 Å². The molecule has 1 fully saturated rings. The Morgan fingerprint density at radius 2 is 1.65 bits per heavy atom.